The average molecular weight is 326 g/mol. The number of hydrogen-bond acceptors (Lipinski definition) is 2. The van der Waals surface area contributed by atoms with E-state index >= 15 is 0 Å². The summed E-state index contributed by atoms with van der Waals surface area (Å²) in [6.07, 6.45) is 2.14. The average Bonchev–Trinajstić information content (AvgIpc) is 2.96. The van der Waals surface area contributed by atoms with Gasteiger partial charge in [0.25, 0.3) is 0 Å². The Morgan fingerprint density at radius 3 is 2.22 bits per heavy atom. The van der Waals surface area contributed by atoms with Gasteiger partial charge in [0.2, 0.25) is 0 Å². The standard InChI is InChI=1S/C17H30FN3.C2H6/c1-13(2)15-12-16(17(3,4)5)21(19-15)14-6-9-20(10-7-14)11-8-18;1-2/h12-14H,6-11H2,1-5H3;1-2H3. The van der Waals surface area contributed by atoms with Gasteiger partial charge in [0.05, 0.1) is 11.7 Å². The topological polar surface area (TPSA) is 21.1 Å². The Labute approximate surface area is 142 Å². The first-order valence-corrected chi connectivity index (χ1v) is 9.21. The van der Waals surface area contributed by atoms with Gasteiger partial charge >= 0.3 is 0 Å². The maximum Gasteiger partial charge on any atom is 0.102 e. The van der Waals surface area contributed by atoms with Gasteiger partial charge in [0.1, 0.15) is 6.67 Å². The van der Waals surface area contributed by atoms with E-state index in [1.807, 2.05) is 13.8 Å². The predicted molar refractivity (Wildman–Crippen MR) is 97.1 cm³/mol. The second kappa shape index (κ2) is 8.81. The molecule has 1 fully saturated rings. The van der Waals surface area contributed by atoms with Gasteiger partial charge in [0.15, 0.2) is 0 Å². The summed E-state index contributed by atoms with van der Waals surface area (Å²) >= 11 is 0. The maximum absolute atomic E-state index is 12.5. The van der Waals surface area contributed by atoms with Gasteiger partial charge < -0.3 is 4.90 Å². The SMILES string of the molecule is CC.CC(C)c1cc(C(C)(C)C)n(C2CCN(CCF)CC2)n1. The Kier molecular flexibility index (Phi) is 7.72. The molecule has 0 spiro atoms. The Balaban J connectivity index is 0.00000127. The lowest BCUT2D eigenvalue weighted by Crippen LogP contribution is -2.37. The van der Waals surface area contributed by atoms with Crippen molar-refractivity contribution in [1.82, 2.24) is 14.7 Å². The zero-order chi connectivity index (χ0) is 17.6. The number of rotatable bonds is 4. The fourth-order valence-electron chi connectivity index (χ4n) is 3.04. The van der Waals surface area contributed by atoms with E-state index in [0.717, 1.165) is 25.9 Å². The lowest BCUT2D eigenvalue weighted by Gasteiger charge is -2.33. The summed E-state index contributed by atoms with van der Waals surface area (Å²) in [5.74, 6) is 0.457. The lowest BCUT2D eigenvalue weighted by molar-refractivity contribution is 0.165. The van der Waals surface area contributed by atoms with Crippen LogP contribution in [-0.2, 0) is 5.41 Å². The van der Waals surface area contributed by atoms with E-state index in [1.165, 1.54) is 11.4 Å². The number of hydrogen-bond donors (Lipinski definition) is 0. The van der Waals surface area contributed by atoms with E-state index in [2.05, 4.69) is 50.3 Å². The Morgan fingerprint density at radius 1 is 1.22 bits per heavy atom. The highest BCUT2D eigenvalue weighted by molar-refractivity contribution is 5.21. The molecule has 0 aromatic carbocycles. The van der Waals surface area contributed by atoms with Gasteiger partial charge in [-0.25, -0.2) is 4.39 Å². The minimum absolute atomic E-state index is 0.107. The molecule has 0 unspecified atom stereocenters. The number of alkyl halides is 1. The van der Waals surface area contributed by atoms with Gasteiger partial charge in [-0.05, 0) is 24.8 Å². The molecule has 1 aliphatic heterocycles. The Bertz CT molecular complexity index is 452. The van der Waals surface area contributed by atoms with E-state index < -0.39 is 0 Å². The first-order valence-electron chi connectivity index (χ1n) is 9.21. The van der Waals surface area contributed by atoms with Crippen LogP contribution in [0.4, 0.5) is 4.39 Å². The molecule has 1 aromatic heterocycles. The van der Waals surface area contributed by atoms with Crippen LogP contribution in [0.15, 0.2) is 6.07 Å². The van der Waals surface area contributed by atoms with Crippen LogP contribution >= 0.6 is 0 Å². The van der Waals surface area contributed by atoms with Gasteiger partial charge in [0, 0.05) is 30.7 Å². The monoisotopic (exact) mass is 325 g/mol. The summed E-state index contributed by atoms with van der Waals surface area (Å²) in [7, 11) is 0. The maximum atomic E-state index is 12.5. The number of likely N-dealkylation sites (tertiary alicyclic amines) is 1. The molecule has 4 heteroatoms. The molecule has 0 amide bonds. The van der Waals surface area contributed by atoms with Crippen LogP contribution in [0.2, 0.25) is 0 Å². The number of halogens is 1. The van der Waals surface area contributed by atoms with E-state index in [9.17, 15) is 4.39 Å². The second-order valence-electron chi connectivity index (χ2n) is 7.57. The first-order chi connectivity index (χ1) is 10.8. The second-order valence-corrected chi connectivity index (χ2v) is 7.57. The smallest absolute Gasteiger partial charge is 0.102 e. The lowest BCUT2D eigenvalue weighted by atomic mass is 9.90. The van der Waals surface area contributed by atoms with Crippen molar-refractivity contribution in [3.05, 3.63) is 17.5 Å². The highest BCUT2D eigenvalue weighted by Crippen LogP contribution is 2.31. The Morgan fingerprint density at radius 2 is 1.78 bits per heavy atom. The van der Waals surface area contributed by atoms with Gasteiger partial charge in [-0.2, -0.15) is 5.10 Å². The molecule has 0 saturated carbocycles. The fraction of sp³-hybridized carbons (Fsp3) is 0.842. The van der Waals surface area contributed by atoms with Crippen LogP contribution in [-0.4, -0.2) is 41.0 Å². The van der Waals surface area contributed by atoms with Crippen molar-refractivity contribution in [2.45, 2.75) is 78.7 Å². The highest BCUT2D eigenvalue weighted by atomic mass is 19.1. The van der Waals surface area contributed by atoms with E-state index in [4.69, 9.17) is 5.10 Å². The molecule has 0 bridgehead atoms. The van der Waals surface area contributed by atoms with Gasteiger partial charge in [-0.15, -0.1) is 0 Å². The summed E-state index contributed by atoms with van der Waals surface area (Å²) < 4.78 is 14.7. The molecule has 134 valence electrons. The minimum atomic E-state index is -0.239. The quantitative estimate of drug-likeness (QED) is 0.782. The molecule has 0 aliphatic carbocycles. The van der Waals surface area contributed by atoms with Crippen LogP contribution < -0.4 is 0 Å². The third-order valence-corrected chi connectivity index (χ3v) is 4.42. The summed E-state index contributed by atoms with van der Waals surface area (Å²) in [6, 6.07) is 2.74. The molecule has 0 atom stereocenters. The van der Waals surface area contributed by atoms with Crippen molar-refractivity contribution in [2.24, 2.45) is 0 Å². The largest absolute Gasteiger partial charge is 0.301 e. The Hall–Kier alpha value is -0.900. The van der Waals surface area contributed by atoms with Crippen molar-refractivity contribution in [1.29, 1.82) is 0 Å². The molecule has 3 nitrogen and oxygen atoms in total. The van der Waals surface area contributed by atoms with Gasteiger partial charge in [-0.3, -0.25) is 4.68 Å². The molecular formula is C19H36FN3. The van der Waals surface area contributed by atoms with Crippen LogP contribution in [0.1, 0.15) is 84.7 Å². The predicted octanol–water partition coefficient (Wildman–Crippen LogP) is 4.94. The van der Waals surface area contributed by atoms with Crippen molar-refractivity contribution in [3.63, 3.8) is 0 Å². The summed E-state index contributed by atoms with van der Waals surface area (Å²) in [5.41, 5.74) is 2.62. The van der Waals surface area contributed by atoms with Crippen LogP contribution in [0.25, 0.3) is 0 Å². The summed E-state index contributed by atoms with van der Waals surface area (Å²) in [6.45, 7) is 17.5. The highest BCUT2D eigenvalue weighted by Gasteiger charge is 2.28. The van der Waals surface area contributed by atoms with Gasteiger partial charge in [-0.1, -0.05) is 48.5 Å². The zero-order valence-corrected chi connectivity index (χ0v) is 16.2. The molecular weight excluding hydrogens is 289 g/mol. The molecule has 23 heavy (non-hydrogen) atoms. The third kappa shape index (κ3) is 5.30. The number of nitrogens with zero attached hydrogens (tertiary/aromatic N) is 3. The van der Waals surface area contributed by atoms with E-state index in [1.54, 1.807) is 0 Å². The molecule has 1 saturated heterocycles. The van der Waals surface area contributed by atoms with E-state index in [-0.39, 0.29) is 12.1 Å². The minimum Gasteiger partial charge on any atom is -0.301 e. The third-order valence-electron chi connectivity index (χ3n) is 4.42. The molecule has 2 rings (SSSR count). The van der Waals surface area contributed by atoms with E-state index in [0.29, 0.717) is 18.5 Å². The number of piperidine rings is 1. The molecule has 0 radical (unpaired) electrons. The summed E-state index contributed by atoms with van der Waals surface area (Å²) in [4.78, 5) is 2.22. The molecule has 0 N–H and O–H groups in total. The molecule has 1 aliphatic rings. The fourth-order valence-corrected chi connectivity index (χ4v) is 3.04. The van der Waals surface area contributed by atoms with Crippen molar-refractivity contribution >= 4 is 0 Å². The van der Waals surface area contributed by atoms with Crippen LogP contribution in [0.3, 0.4) is 0 Å². The van der Waals surface area contributed by atoms with Crippen LogP contribution in [0, 0.1) is 0 Å². The molecule has 1 aromatic rings. The first kappa shape index (κ1) is 20.1. The summed E-state index contributed by atoms with van der Waals surface area (Å²) in [5, 5.41) is 4.89. The van der Waals surface area contributed by atoms with Crippen LogP contribution in [0.5, 0.6) is 0 Å². The van der Waals surface area contributed by atoms with Crippen molar-refractivity contribution < 1.29 is 4.39 Å². The normalized spacial score (nSPS) is 17.3. The van der Waals surface area contributed by atoms with Crippen molar-refractivity contribution in [3.8, 4) is 0 Å². The van der Waals surface area contributed by atoms with Crippen molar-refractivity contribution in [2.75, 3.05) is 26.3 Å². The number of aromatic nitrogens is 2. The zero-order valence-electron chi connectivity index (χ0n) is 16.2. The molecule has 2 heterocycles.